The predicted octanol–water partition coefficient (Wildman–Crippen LogP) is 2.33. The van der Waals surface area contributed by atoms with E-state index >= 15 is 0 Å². The highest BCUT2D eigenvalue weighted by Crippen LogP contribution is 2.14. The summed E-state index contributed by atoms with van der Waals surface area (Å²) in [4.78, 5) is 4.31. The number of nitrogens with zero attached hydrogens (tertiary/aromatic N) is 3. The van der Waals surface area contributed by atoms with E-state index in [1.54, 1.807) is 7.11 Å². The minimum Gasteiger partial charge on any atom is -0.497 e. The van der Waals surface area contributed by atoms with Gasteiger partial charge in [0.1, 0.15) is 5.75 Å². The van der Waals surface area contributed by atoms with Crippen LogP contribution in [0.4, 0.5) is 0 Å². The first-order valence-electron chi connectivity index (χ1n) is 7.81. The van der Waals surface area contributed by atoms with Crippen LogP contribution in [-0.4, -0.2) is 29.4 Å². The van der Waals surface area contributed by atoms with Crippen molar-refractivity contribution >= 4 is 5.96 Å². The Labute approximate surface area is 137 Å². The molecule has 0 atom stereocenters. The van der Waals surface area contributed by atoms with Crippen LogP contribution in [0.15, 0.2) is 41.5 Å². The van der Waals surface area contributed by atoms with Crippen LogP contribution < -0.4 is 15.8 Å². The Morgan fingerprint density at radius 1 is 1.30 bits per heavy atom. The van der Waals surface area contributed by atoms with Crippen LogP contribution in [0.3, 0.4) is 0 Å². The van der Waals surface area contributed by atoms with Crippen molar-refractivity contribution in [3.8, 4) is 11.4 Å². The first-order chi connectivity index (χ1) is 11.1. The van der Waals surface area contributed by atoms with Gasteiger partial charge in [-0.3, -0.25) is 0 Å². The second-order valence-corrected chi connectivity index (χ2v) is 5.76. The van der Waals surface area contributed by atoms with Crippen LogP contribution in [0.5, 0.6) is 5.75 Å². The summed E-state index contributed by atoms with van der Waals surface area (Å²) in [6.45, 7) is 5.67. The Morgan fingerprint density at radius 2 is 2.04 bits per heavy atom. The molecule has 0 radical (unpaired) electrons. The van der Waals surface area contributed by atoms with Gasteiger partial charge in [-0.1, -0.05) is 13.8 Å². The quantitative estimate of drug-likeness (QED) is 0.607. The molecule has 0 saturated heterocycles. The van der Waals surface area contributed by atoms with Gasteiger partial charge in [-0.2, -0.15) is 5.10 Å². The van der Waals surface area contributed by atoms with Crippen molar-refractivity contribution in [1.29, 1.82) is 0 Å². The molecule has 124 valence electrons. The fraction of sp³-hybridized carbons (Fsp3) is 0.412. The number of benzene rings is 1. The number of hydrogen-bond acceptors (Lipinski definition) is 3. The van der Waals surface area contributed by atoms with Gasteiger partial charge in [0, 0.05) is 12.7 Å². The predicted molar refractivity (Wildman–Crippen MR) is 92.9 cm³/mol. The Kier molecular flexibility index (Phi) is 6.02. The van der Waals surface area contributed by atoms with Crippen LogP contribution >= 0.6 is 0 Å². The van der Waals surface area contributed by atoms with Crippen molar-refractivity contribution in [3.63, 3.8) is 0 Å². The summed E-state index contributed by atoms with van der Waals surface area (Å²) in [5.41, 5.74) is 7.69. The summed E-state index contributed by atoms with van der Waals surface area (Å²) < 4.78 is 6.97. The normalized spacial score (nSPS) is 11.7. The van der Waals surface area contributed by atoms with Gasteiger partial charge in [-0.05, 0) is 42.7 Å². The highest BCUT2D eigenvalue weighted by Gasteiger charge is 2.02. The van der Waals surface area contributed by atoms with Gasteiger partial charge >= 0.3 is 0 Å². The van der Waals surface area contributed by atoms with E-state index in [1.807, 2.05) is 41.2 Å². The molecule has 1 aromatic heterocycles. The van der Waals surface area contributed by atoms with E-state index in [1.165, 1.54) is 0 Å². The molecule has 23 heavy (non-hydrogen) atoms. The van der Waals surface area contributed by atoms with E-state index < -0.39 is 0 Å². The van der Waals surface area contributed by atoms with E-state index in [9.17, 15) is 0 Å². The Bertz CT molecular complexity index is 631. The van der Waals surface area contributed by atoms with Gasteiger partial charge in [-0.15, -0.1) is 0 Å². The monoisotopic (exact) mass is 315 g/mol. The molecule has 0 amide bonds. The average molecular weight is 315 g/mol. The van der Waals surface area contributed by atoms with Gasteiger partial charge in [0.15, 0.2) is 5.96 Å². The highest BCUT2D eigenvalue weighted by atomic mass is 16.5. The molecule has 0 spiro atoms. The van der Waals surface area contributed by atoms with Gasteiger partial charge < -0.3 is 15.8 Å². The fourth-order valence-electron chi connectivity index (χ4n) is 2.04. The molecule has 6 heteroatoms. The first-order valence-corrected chi connectivity index (χ1v) is 7.81. The van der Waals surface area contributed by atoms with E-state index in [2.05, 4.69) is 29.3 Å². The number of aliphatic imine (C=N–C) groups is 1. The molecule has 3 N–H and O–H groups in total. The zero-order chi connectivity index (χ0) is 16.7. The van der Waals surface area contributed by atoms with Crippen LogP contribution in [-0.2, 0) is 6.54 Å². The lowest BCUT2D eigenvalue weighted by atomic mass is 10.1. The van der Waals surface area contributed by atoms with E-state index in [4.69, 9.17) is 10.5 Å². The average Bonchev–Trinajstić information content (AvgIpc) is 3.01. The van der Waals surface area contributed by atoms with Gasteiger partial charge in [0.25, 0.3) is 0 Å². The first kappa shape index (κ1) is 16.9. The molecular weight excluding hydrogens is 290 g/mol. The molecule has 0 unspecified atom stereocenters. The zero-order valence-corrected chi connectivity index (χ0v) is 14.0. The molecule has 2 aromatic rings. The summed E-state index contributed by atoms with van der Waals surface area (Å²) in [7, 11) is 1.65. The summed E-state index contributed by atoms with van der Waals surface area (Å²) in [6.07, 6.45) is 2.98. The van der Waals surface area contributed by atoms with Crippen molar-refractivity contribution in [1.82, 2.24) is 15.1 Å². The largest absolute Gasteiger partial charge is 0.497 e. The lowest BCUT2D eigenvalue weighted by molar-refractivity contribution is 0.414. The van der Waals surface area contributed by atoms with Crippen molar-refractivity contribution in [2.45, 2.75) is 26.8 Å². The molecule has 2 rings (SSSR count). The van der Waals surface area contributed by atoms with Crippen LogP contribution in [0, 0.1) is 5.92 Å². The maximum absolute atomic E-state index is 5.85. The molecule has 0 aliphatic carbocycles. The minimum atomic E-state index is 0.462. The molecule has 1 heterocycles. The van der Waals surface area contributed by atoms with E-state index in [-0.39, 0.29) is 0 Å². The molecule has 0 aliphatic rings. The topological polar surface area (TPSA) is 77.5 Å². The standard InChI is InChI=1S/C17H25N5O/c1-13(2)8-10-19-17(18)20-12-14-9-11-22(21-14)15-4-6-16(23-3)7-5-15/h4-7,9,11,13H,8,10,12H2,1-3H3,(H3,18,19,20). The van der Waals surface area contributed by atoms with Crippen molar-refractivity contribution in [3.05, 3.63) is 42.2 Å². The van der Waals surface area contributed by atoms with Crippen molar-refractivity contribution in [2.75, 3.05) is 13.7 Å². The molecular formula is C17H25N5O. The van der Waals surface area contributed by atoms with Crippen LogP contribution in [0.2, 0.25) is 0 Å². The lowest BCUT2D eigenvalue weighted by Gasteiger charge is -2.07. The van der Waals surface area contributed by atoms with Gasteiger partial charge in [0.2, 0.25) is 0 Å². The molecule has 6 nitrogen and oxygen atoms in total. The molecule has 1 aromatic carbocycles. The number of rotatable bonds is 7. The second-order valence-electron chi connectivity index (χ2n) is 5.76. The number of guanidine groups is 1. The Balaban J connectivity index is 1.91. The Hall–Kier alpha value is -2.50. The van der Waals surface area contributed by atoms with E-state index in [0.29, 0.717) is 18.4 Å². The molecule has 0 saturated carbocycles. The molecule has 0 aliphatic heterocycles. The number of hydrogen-bond donors (Lipinski definition) is 2. The second kappa shape index (κ2) is 8.22. The maximum Gasteiger partial charge on any atom is 0.188 e. The number of ether oxygens (including phenoxy) is 1. The third kappa shape index (κ3) is 5.32. The SMILES string of the molecule is COc1ccc(-n2ccc(CN=C(N)NCCC(C)C)n2)cc1. The van der Waals surface area contributed by atoms with Gasteiger partial charge in [0.05, 0.1) is 25.0 Å². The lowest BCUT2D eigenvalue weighted by Crippen LogP contribution is -2.32. The maximum atomic E-state index is 5.85. The molecule has 0 bridgehead atoms. The zero-order valence-electron chi connectivity index (χ0n) is 14.0. The summed E-state index contributed by atoms with van der Waals surface area (Å²) in [6, 6.07) is 9.67. The van der Waals surface area contributed by atoms with Crippen molar-refractivity contribution in [2.24, 2.45) is 16.6 Å². The summed E-state index contributed by atoms with van der Waals surface area (Å²) in [5.74, 6) is 1.94. The number of aromatic nitrogens is 2. The van der Waals surface area contributed by atoms with Crippen LogP contribution in [0.1, 0.15) is 26.0 Å². The van der Waals surface area contributed by atoms with Crippen molar-refractivity contribution < 1.29 is 4.74 Å². The number of nitrogens with one attached hydrogen (secondary N) is 1. The van der Waals surface area contributed by atoms with Gasteiger partial charge in [-0.25, -0.2) is 9.67 Å². The van der Waals surface area contributed by atoms with E-state index in [0.717, 1.165) is 30.1 Å². The smallest absolute Gasteiger partial charge is 0.188 e. The summed E-state index contributed by atoms with van der Waals surface area (Å²) >= 11 is 0. The van der Waals surface area contributed by atoms with Crippen LogP contribution in [0.25, 0.3) is 5.69 Å². The summed E-state index contributed by atoms with van der Waals surface area (Å²) in [5, 5.41) is 7.62. The fourth-order valence-corrected chi connectivity index (χ4v) is 2.04. The number of methoxy groups -OCH3 is 1. The highest BCUT2D eigenvalue weighted by molar-refractivity contribution is 5.77. The number of nitrogens with two attached hydrogens (primary N) is 1. The third-order valence-electron chi connectivity index (χ3n) is 3.42. The third-order valence-corrected chi connectivity index (χ3v) is 3.42. The molecule has 0 fully saturated rings. The Morgan fingerprint density at radius 3 is 2.70 bits per heavy atom. The minimum absolute atomic E-state index is 0.462.